The van der Waals surface area contributed by atoms with Crippen LogP contribution in [0.2, 0.25) is 10.0 Å². The van der Waals surface area contributed by atoms with Gasteiger partial charge in [-0.1, -0.05) is 23.2 Å². The Bertz CT molecular complexity index is 692. The highest BCUT2D eigenvalue weighted by molar-refractivity contribution is 6.43. The second kappa shape index (κ2) is 6.30. The summed E-state index contributed by atoms with van der Waals surface area (Å²) >= 11 is 12.2. The minimum absolute atomic E-state index is 0.00710. The van der Waals surface area contributed by atoms with Crippen molar-refractivity contribution >= 4 is 29.2 Å². The van der Waals surface area contributed by atoms with Crippen molar-refractivity contribution in [1.82, 2.24) is 4.98 Å². The number of carboxylic acid groups (broad SMARTS) is 1. The SMILES string of the molecule is NC(Cc1cc(Cl)c(Cl)c(-c2cncc(O)c2)c1)C(=O)O. The molecule has 1 heterocycles. The van der Waals surface area contributed by atoms with E-state index in [0.717, 1.165) is 0 Å². The molecule has 0 fully saturated rings. The van der Waals surface area contributed by atoms with E-state index < -0.39 is 12.0 Å². The largest absolute Gasteiger partial charge is 0.506 e. The molecule has 0 aliphatic rings. The number of benzene rings is 1. The van der Waals surface area contributed by atoms with E-state index in [9.17, 15) is 9.90 Å². The van der Waals surface area contributed by atoms with Crippen LogP contribution in [-0.2, 0) is 11.2 Å². The number of nitrogens with zero attached hydrogens (tertiary/aromatic N) is 1. The summed E-state index contributed by atoms with van der Waals surface area (Å²) in [5, 5.41) is 18.9. The van der Waals surface area contributed by atoms with Gasteiger partial charge in [-0.05, 0) is 30.2 Å². The molecular weight excluding hydrogens is 315 g/mol. The Morgan fingerprint density at radius 3 is 2.62 bits per heavy atom. The number of hydrogen-bond donors (Lipinski definition) is 3. The predicted molar refractivity (Wildman–Crippen MR) is 80.7 cm³/mol. The molecule has 1 atom stereocenters. The lowest BCUT2D eigenvalue weighted by atomic mass is 10.0. The average Bonchev–Trinajstić information content (AvgIpc) is 2.42. The summed E-state index contributed by atoms with van der Waals surface area (Å²) in [6, 6.07) is 3.73. The van der Waals surface area contributed by atoms with Crippen LogP contribution in [0.5, 0.6) is 5.75 Å². The molecule has 110 valence electrons. The summed E-state index contributed by atoms with van der Waals surface area (Å²) in [4.78, 5) is 14.7. The van der Waals surface area contributed by atoms with Crippen molar-refractivity contribution in [2.75, 3.05) is 0 Å². The third-order valence-corrected chi connectivity index (χ3v) is 3.70. The van der Waals surface area contributed by atoms with Crippen molar-refractivity contribution in [3.8, 4) is 16.9 Å². The summed E-state index contributed by atoms with van der Waals surface area (Å²) in [6.07, 6.45) is 2.94. The predicted octanol–water partition coefficient (Wildman–Crippen LogP) is 2.72. The van der Waals surface area contributed by atoms with Crippen molar-refractivity contribution < 1.29 is 15.0 Å². The van der Waals surface area contributed by atoms with Gasteiger partial charge in [-0.15, -0.1) is 0 Å². The molecule has 0 aliphatic carbocycles. The number of carbonyl (C=O) groups is 1. The normalized spacial score (nSPS) is 12.1. The summed E-state index contributed by atoms with van der Waals surface area (Å²) in [7, 11) is 0. The van der Waals surface area contributed by atoms with Crippen LogP contribution in [0.1, 0.15) is 5.56 Å². The summed E-state index contributed by atoms with van der Waals surface area (Å²) in [5.41, 5.74) is 7.29. The lowest BCUT2D eigenvalue weighted by Gasteiger charge is -2.12. The van der Waals surface area contributed by atoms with Gasteiger partial charge >= 0.3 is 5.97 Å². The molecule has 0 aliphatic heterocycles. The van der Waals surface area contributed by atoms with Crippen LogP contribution in [0.15, 0.2) is 30.6 Å². The molecule has 0 bridgehead atoms. The van der Waals surface area contributed by atoms with E-state index in [1.165, 1.54) is 18.5 Å². The van der Waals surface area contributed by atoms with Gasteiger partial charge < -0.3 is 15.9 Å². The topological polar surface area (TPSA) is 96.4 Å². The fourth-order valence-electron chi connectivity index (χ4n) is 1.89. The summed E-state index contributed by atoms with van der Waals surface area (Å²) in [6.45, 7) is 0. The number of aromatic hydroxyl groups is 1. The molecule has 0 saturated heterocycles. The molecule has 1 aromatic heterocycles. The zero-order chi connectivity index (χ0) is 15.6. The summed E-state index contributed by atoms with van der Waals surface area (Å²) < 4.78 is 0. The maximum atomic E-state index is 10.8. The molecule has 0 amide bonds. The van der Waals surface area contributed by atoms with Gasteiger partial charge in [0, 0.05) is 17.3 Å². The van der Waals surface area contributed by atoms with E-state index in [1.54, 1.807) is 12.1 Å². The number of nitrogens with two attached hydrogens (primary N) is 1. The highest BCUT2D eigenvalue weighted by Gasteiger charge is 2.16. The van der Waals surface area contributed by atoms with E-state index in [0.29, 0.717) is 21.7 Å². The fraction of sp³-hybridized carbons (Fsp3) is 0.143. The van der Waals surface area contributed by atoms with E-state index in [4.69, 9.17) is 34.0 Å². The number of hydrogen-bond acceptors (Lipinski definition) is 4. The molecule has 0 saturated carbocycles. The Balaban J connectivity index is 2.46. The molecule has 4 N–H and O–H groups in total. The monoisotopic (exact) mass is 326 g/mol. The Labute approximate surface area is 130 Å². The van der Waals surface area contributed by atoms with E-state index in [1.807, 2.05) is 0 Å². The molecule has 2 rings (SSSR count). The van der Waals surface area contributed by atoms with E-state index in [-0.39, 0.29) is 17.2 Å². The Morgan fingerprint density at radius 2 is 2.00 bits per heavy atom. The van der Waals surface area contributed by atoms with Crippen molar-refractivity contribution in [3.63, 3.8) is 0 Å². The Hall–Kier alpha value is -1.82. The third kappa shape index (κ3) is 3.64. The fourth-order valence-corrected chi connectivity index (χ4v) is 2.35. The van der Waals surface area contributed by atoms with Crippen molar-refractivity contribution in [2.24, 2.45) is 5.73 Å². The van der Waals surface area contributed by atoms with Gasteiger partial charge in [0.2, 0.25) is 0 Å². The Kier molecular flexibility index (Phi) is 4.67. The first-order chi connectivity index (χ1) is 9.88. The van der Waals surface area contributed by atoms with Crippen molar-refractivity contribution in [1.29, 1.82) is 0 Å². The number of carboxylic acids is 1. The van der Waals surface area contributed by atoms with Crippen LogP contribution in [0, 0.1) is 0 Å². The zero-order valence-corrected chi connectivity index (χ0v) is 12.3. The maximum Gasteiger partial charge on any atom is 0.320 e. The second-order valence-electron chi connectivity index (χ2n) is 4.52. The quantitative estimate of drug-likeness (QED) is 0.802. The molecule has 7 heteroatoms. The van der Waals surface area contributed by atoms with Gasteiger partial charge in [0.1, 0.15) is 11.8 Å². The van der Waals surface area contributed by atoms with E-state index >= 15 is 0 Å². The van der Waals surface area contributed by atoms with Gasteiger partial charge in [-0.2, -0.15) is 0 Å². The second-order valence-corrected chi connectivity index (χ2v) is 5.31. The molecule has 1 aromatic carbocycles. The van der Waals surface area contributed by atoms with Gasteiger partial charge in [-0.25, -0.2) is 0 Å². The first-order valence-corrected chi connectivity index (χ1v) is 6.74. The van der Waals surface area contributed by atoms with Crippen LogP contribution in [0.25, 0.3) is 11.1 Å². The molecule has 0 spiro atoms. The maximum absolute atomic E-state index is 10.8. The third-order valence-electron chi connectivity index (χ3n) is 2.90. The van der Waals surface area contributed by atoms with Crippen LogP contribution in [-0.4, -0.2) is 27.2 Å². The molecule has 5 nitrogen and oxygen atoms in total. The highest BCUT2D eigenvalue weighted by atomic mass is 35.5. The number of pyridine rings is 1. The van der Waals surface area contributed by atoms with Crippen molar-refractivity contribution in [3.05, 3.63) is 46.2 Å². The van der Waals surface area contributed by atoms with Crippen LogP contribution in [0.3, 0.4) is 0 Å². The van der Waals surface area contributed by atoms with Crippen molar-refractivity contribution in [2.45, 2.75) is 12.5 Å². The standard InChI is InChI=1S/C14H12Cl2N2O3/c15-11-2-7(3-12(17)14(20)21)1-10(13(11)16)8-4-9(19)6-18-5-8/h1-2,4-6,12,19H,3,17H2,(H,20,21). The van der Waals surface area contributed by atoms with E-state index in [2.05, 4.69) is 4.98 Å². The zero-order valence-electron chi connectivity index (χ0n) is 10.8. The lowest BCUT2D eigenvalue weighted by molar-refractivity contribution is -0.138. The van der Waals surface area contributed by atoms with Gasteiger partial charge in [-0.3, -0.25) is 9.78 Å². The summed E-state index contributed by atoms with van der Waals surface area (Å²) in [5.74, 6) is -1.10. The minimum atomic E-state index is -1.10. The smallest absolute Gasteiger partial charge is 0.320 e. The van der Waals surface area contributed by atoms with Crippen LogP contribution < -0.4 is 5.73 Å². The number of aromatic nitrogens is 1. The minimum Gasteiger partial charge on any atom is -0.506 e. The van der Waals surface area contributed by atoms with Gasteiger partial charge in [0.25, 0.3) is 0 Å². The first-order valence-electron chi connectivity index (χ1n) is 5.99. The van der Waals surface area contributed by atoms with Crippen LogP contribution in [0.4, 0.5) is 0 Å². The van der Waals surface area contributed by atoms with Gasteiger partial charge in [0.15, 0.2) is 0 Å². The van der Waals surface area contributed by atoms with Gasteiger partial charge in [0.05, 0.1) is 16.2 Å². The molecule has 1 unspecified atom stereocenters. The van der Waals surface area contributed by atoms with Crippen LogP contribution >= 0.6 is 23.2 Å². The molecule has 21 heavy (non-hydrogen) atoms. The number of halogens is 2. The Morgan fingerprint density at radius 1 is 1.29 bits per heavy atom. The first kappa shape index (κ1) is 15.6. The molecular formula is C14H12Cl2N2O3. The lowest BCUT2D eigenvalue weighted by Crippen LogP contribution is -2.32. The average molecular weight is 327 g/mol. The number of aliphatic carboxylic acids is 1. The highest BCUT2D eigenvalue weighted by Crippen LogP contribution is 2.35. The number of rotatable bonds is 4. The molecule has 2 aromatic rings. The molecule has 0 radical (unpaired) electrons.